The summed E-state index contributed by atoms with van der Waals surface area (Å²) in [6.07, 6.45) is 0.382. The summed E-state index contributed by atoms with van der Waals surface area (Å²) in [5, 5.41) is 11.1. The molecule has 8 heteroatoms. The molecule has 0 aliphatic carbocycles. The van der Waals surface area contributed by atoms with E-state index >= 15 is 0 Å². The van der Waals surface area contributed by atoms with Crippen LogP contribution in [0.2, 0.25) is 5.02 Å². The van der Waals surface area contributed by atoms with Crippen molar-refractivity contribution in [2.45, 2.75) is 11.3 Å². The van der Waals surface area contributed by atoms with Gasteiger partial charge in [0.1, 0.15) is 0 Å². The fraction of sp³-hybridized carbons (Fsp3) is 0.143. The minimum absolute atomic E-state index is 0.0420. The molecule has 0 fully saturated rings. The second-order valence-electron chi connectivity index (χ2n) is 4.41. The van der Waals surface area contributed by atoms with Crippen LogP contribution in [0, 0.1) is 10.1 Å². The number of hydrogen-bond donors (Lipinski definition) is 0. The van der Waals surface area contributed by atoms with Crippen molar-refractivity contribution in [1.29, 1.82) is 0 Å². The van der Waals surface area contributed by atoms with E-state index in [9.17, 15) is 18.5 Å². The number of nitrogens with zero attached hydrogens (tertiary/aromatic N) is 1. The van der Waals surface area contributed by atoms with Gasteiger partial charge in [0.2, 0.25) is 0 Å². The Bertz CT molecular complexity index is 774. The molecule has 22 heavy (non-hydrogen) atoms. The Kier molecular flexibility index (Phi) is 5.12. The lowest BCUT2D eigenvalue weighted by Crippen LogP contribution is -2.09. The van der Waals surface area contributed by atoms with E-state index in [0.717, 1.165) is 29.8 Å². The molecule has 6 nitrogen and oxygen atoms in total. The quantitative estimate of drug-likeness (QED) is 0.457. The average Bonchev–Trinajstić information content (AvgIpc) is 2.47. The Morgan fingerprint density at radius 1 is 1.14 bits per heavy atom. The molecule has 0 saturated heterocycles. The summed E-state index contributed by atoms with van der Waals surface area (Å²) in [6.45, 7) is -0.0420. The zero-order chi connectivity index (χ0) is 16.2. The molecule has 0 spiro atoms. The maximum Gasteiger partial charge on any atom is 0.296 e. The van der Waals surface area contributed by atoms with Crippen LogP contribution in [0.3, 0.4) is 0 Å². The van der Waals surface area contributed by atoms with Gasteiger partial charge in [-0.2, -0.15) is 8.42 Å². The Morgan fingerprint density at radius 3 is 2.41 bits per heavy atom. The fourth-order valence-electron chi connectivity index (χ4n) is 1.76. The van der Waals surface area contributed by atoms with E-state index in [2.05, 4.69) is 0 Å². The first-order valence-electron chi connectivity index (χ1n) is 6.27. The maximum absolute atomic E-state index is 12.0. The molecule has 2 rings (SSSR count). The number of nitro benzene ring substituents is 1. The molecule has 0 aliphatic rings. The molecule has 0 atom stereocenters. The molecular weight excluding hydrogens is 330 g/mol. The Morgan fingerprint density at radius 2 is 1.82 bits per heavy atom. The van der Waals surface area contributed by atoms with Crippen molar-refractivity contribution in [3.05, 3.63) is 69.2 Å². The molecule has 0 radical (unpaired) electrons. The summed E-state index contributed by atoms with van der Waals surface area (Å²) >= 11 is 5.84. The normalized spacial score (nSPS) is 11.3. The van der Waals surface area contributed by atoms with Gasteiger partial charge in [0, 0.05) is 17.2 Å². The van der Waals surface area contributed by atoms with Gasteiger partial charge in [0.05, 0.1) is 16.4 Å². The van der Waals surface area contributed by atoms with Crippen molar-refractivity contribution in [2.75, 3.05) is 6.61 Å². The van der Waals surface area contributed by atoms with Gasteiger partial charge < -0.3 is 0 Å². The smallest absolute Gasteiger partial charge is 0.266 e. The number of rotatable bonds is 6. The summed E-state index contributed by atoms with van der Waals surface area (Å²) in [6, 6.07) is 11.6. The van der Waals surface area contributed by atoms with Crippen LogP contribution < -0.4 is 0 Å². The summed E-state index contributed by atoms with van der Waals surface area (Å²) in [5.74, 6) is 0. The summed E-state index contributed by atoms with van der Waals surface area (Å²) in [4.78, 5) is 9.81. The number of hydrogen-bond acceptors (Lipinski definition) is 5. The topological polar surface area (TPSA) is 86.5 Å². The van der Waals surface area contributed by atoms with Crippen molar-refractivity contribution in [2.24, 2.45) is 0 Å². The summed E-state index contributed by atoms with van der Waals surface area (Å²) in [7, 11) is -3.94. The van der Waals surface area contributed by atoms with Crippen LogP contribution >= 0.6 is 11.6 Å². The zero-order valence-corrected chi connectivity index (χ0v) is 12.9. The molecule has 0 N–H and O–H groups in total. The van der Waals surface area contributed by atoms with Gasteiger partial charge in [-0.05, 0) is 36.2 Å². The maximum atomic E-state index is 12.0. The molecule has 0 amide bonds. The fourth-order valence-corrected chi connectivity index (χ4v) is 2.89. The van der Waals surface area contributed by atoms with Crippen LogP contribution in [0.5, 0.6) is 0 Å². The lowest BCUT2D eigenvalue weighted by Gasteiger charge is -2.06. The lowest BCUT2D eigenvalue weighted by atomic mass is 10.2. The standard InChI is InChI=1S/C14H12ClNO5S/c15-12-3-1-2-11(10-12)8-9-21-22(19,20)14-6-4-13(5-7-14)16(17)18/h1-7,10H,8-9H2. The second-order valence-corrected chi connectivity index (χ2v) is 6.46. The van der Waals surface area contributed by atoms with Crippen LogP contribution in [0.25, 0.3) is 0 Å². The van der Waals surface area contributed by atoms with Crippen LogP contribution in [-0.4, -0.2) is 19.9 Å². The molecule has 0 heterocycles. The second kappa shape index (κ2) is 6.87. The van der Waals surface area contributed by atoms with Crippen molar-refractivity contribution >= 4 is 27.4 Å². The van der Waals surface area contributed by atoms with E-state index in [1.54, 1.807) is 18.2 Å². The van der Waals surface area contributed by atoms with Crippen LogP contribution in [0.1, 0.15) is 5.56 Å². The highest BCUT2D eigenvalue weighted by atomic mass is 35.5. The zero-order valence-electron chi connectivity index (χ0n) is 11.3. The Balaban J connectivity index is 2.00. The first kappa shape index (κ1) is 16.4. The highest BCUT2D eigenvalue weighted by Gasteiger charge is 2.16. The first-order chi connectivity index (χ1) is 10.4. The predicted octanol–water partition coefficient (Wildman–Crippen LogP) is 3.20. The van der Waals surface area contributed by atoms with E-state index < -0.39 is 15.0 Å². The van der Waals surface area contributed by atoms with Gasteiger partial charge >= 0.3 is 0 Å². The molecule has 0 saturated carbocycles. The minimum Gasteiger partial charge on any atom is -0.266 e. The SMILES string of the molecule is O=[N+]([O-])c1ccc(S(=O)(=O)OCCc2cccc(Cl)c2)cc1. The van der Waals surface area contributed by atoms with E-state index in [1.165, 1.54) is 0 Å². The molecule has 0 unspecified atom stereocenters. The summed E-state index contributed by atoms with van der Waals surface area (Å²) < 4.78 is 28.8. The molecular formula is C14H12ClNO5S. The third-order valence-electron chi connectivity index (χ3n) is 2.85. The van der Waals surface area contributed by atoms with Crippen LogP contribution in [0.4, 0.5) is 5.69 Å². The molecule has 2 aromatic rings. The highest BCUT2D eigenvalue weighted by molar-refractivity contribution is 7.86. The van der Waals surface area contributed by atoms with Gasteiger partial charge in [0.15, 0.2) is 0 Å². The molecule has 2 aromatic carbocycles. The number of nitro groups is 1. The first-order valence-corrected chi connectivity index (χ1v) is 8.05. The third kappa shape index (κ3) is 4.27. The Hall–Kier alpha value is -1.96. The van der Waals surface area contributed by atoms with Gasteiger partial charge in [-0.15, -0.1) is 0 Å². The van der Waals surface area contributed by atoms with Gasteiger partial charge in [-0.25, -0.2) is 0 Å². The van der Waals surface area contributed by atoms with E-state index in [1.807, 2.05) is 6.07 Å². The number of halogens is 1. The average molecular weight is 342 g/mol. The van der Waals surface area contributed by atoms with E-state index in [0.29, 0.717) is 11.4 Å². The largest absolute Gasteiger partial charge is 0.296 e. The van der Waals surface area contributed by atoms with Crippen molar-refractivity contribution in [3.8, 4) is 0 Å². The third-order valence-corrected chi connectivity index (χ3v) is 4.42. The summed E-state index contributed by atoms with van der Waals surface area (Å²) in [5.41, 5.74) is 0.671. The van der Waals surface area contributed by atoms with E-state index in [-0.39, 0.29) is 17.2 Å². The molecule has 116 valence electrons. The molecule has 0 bridgehead atoms. The van der Waals surface area contributed by atoms with Crippen molar-refractivity contribution in [3.63, 3.8) is 0 Å². The van der Waals surface area contributed by atoms with Crippen molar-refractivity contribution in [1.82, 2.24) is 0 Å². The minimum atomic E-state index is -3.94. The highest BCUT2D eigenvalue weighted by Crippen LogP contribution is 2.18. The molecule has 0 aliphatic heterocycles. The van der Waals surface area contributed by atoms with Crippen LogP contribution in [-0.2, 0) is 20.7 Å². The van der Waals surface area contributed by atoms with Gasteiger partial charge in [-0.1, -0.05) is 23.7 Å². The monoisotopic (exact) mass is 341 g/mol. The lowest BCUT2D eigenvalue weighted by molar-refractivity contribution is -0.384. The van der Waals surface area contributed by atoms with Crippen LogP contribution in [0.15, 0.2) is 53.4 Å². The predicted molar refractivity (Wildman–Crippen MR) is 81.4 cm³/mol. The van der Waals surface area contributed by atoms with Gasteiger partial charge in [0.25, 0.3) is 15.8 Å². The van der Waals surface area contributed by atoms with Crippen molar-refractivity contribution < 1.29 is 17.5 Å². The number of benzene rings is 2. The number of non-ortho nitro benzene ring substituents is 1. The van der Waals surface area contributed by atoms with E-state index in [4.69, 9.17) is 15.8 Å². The Labute approximate surface area is 132 Å². The molecule has 0 aromatic heterocycles. The van der Waals surface area contributed by atoms with Gasteiger partial charge in [-0.3, -0.25) is 14.3 Å².